The molecule has 0 amide bonds. The monoisotopic (exact) mass is 232 g/mol. The van der Waals surface area contributed by atoms with E-state index in [2.05, 4.69) is 0 Å². The van der Waals surface area contributed by atoms with E-state index in [4.69, 9.17) is 5.84 Å². The average Bonchev–Trinajstić information content (AvgIpc) is 2.19. The molecule has 1 aromatic rings. The van der Waals surface area contributed by atoms with Crippen molar-refractivity contribution >= 4 is 21.8 Å². The summed E-state index contributed by atoms with van der Waals surface area (Å²) in [6, 6.07) is 6.59. The fraction of sp³-hybridized carbons (Fsp3) is 0.250. The molecule has 0 heterocycles. The van der Waals surface area contributed by atoms with Crippen molar-refractivity contribution in [3.63, 3.8) is 0 Å². The lowest BCUT2D eigenvalue weighted by atomic mass is 10.4. The summed E-state index contributed by atoms with van der Waals surface area (Å²) in [5.41, 5.74) is 0. The van der Waals surface area contributed by atoms with Crippen LogP contribution in [0.25, 0.3) is 0 Å². The minimum absolute atomic E-state index is 0.181. The maximum atomic E-state index is 11.2. The highest BCUT2D eigenvalue weighted by molar-refractivity contribution is 7.99. The Morgan fingerprint density at radius 3 is 2.36 bits per heavy atom. The van der Waals surface area contributed by atoms with Crippen LogP contribution in [0.1, 0.15) is 6.92 Å². The number of hydrazine groups is 1. The zero-order valence-corrected chi connectivity index (χ0v) is 9.36. The van der Waals surface area contributed by atoms with Gasteiger partial charge in [-0.15, -0.1) is 11.8 Å². The third-order valence-electron chi connectivity index (χ3n) is 1.60. The van der Waals surface area contributed by atoms with Crippen LogP contribution >= 0.6 is 11.8 Å². The Kier molecular flexibility index (Phi) is 3.94. The summed E-state index contributed by atoms with van der Waals surface area (Å²) in [6.45, 7) is 2.04. The molecule has 0 fully saturated rings. The minimum atomic E-state index is -3.51. The molecule has 0 unspecified atom stereocenters. The summed E-state index contributed by atoms with van der Waals surface area (Å²) < 4.78 is 22.5. The zero-order valence-electron chi connectivity index (χ0n) is 7.73. The Hall–Kier alpha value is -0.560. The van der Waals surface area contributed by atoms with Crippen molar-refractivity contribution < 1.29 is 8.42 Å². The first-order valence-corrected chi connectivity index (χ1v) is 6.52. The van der Waals surface area contributed by atoms with Crippen molar-refractivity contribution in [3.05, 3.63) is 24.3 Å². The molecule has 0 aliphatic heterocycles. The van der Waals surface area contributed by atoms with E-state index in [0.29, 0.717) is 0 Å². The summed E-state index contributed by atoms with van der Waals surface area (Å²) >= 11 is 1.66. The van der Waals surface area contributed by atoms with Crippen LogP contribution in [0.2, 0.25) is 0 Å². The maximum absolute atomic E-state index is 11.2. The SMILES string of the molecule is CCSc1ccc(S(=O)(=O)NN)cc1. The number of thioether (sulfide) groups is 1. The van der Waals surface area contributed by atoms with E-state index in [1.54, 1.807) is 28.7 Å². The van der Waals surface area contributed by atoms with Crippen LogP contribution in [0, 0.1) is 0 Å². The number of hydrogen-bond acceptors (Lipinski definition) is 4. The Balaban J connectivity index is 2.94. The fourth-order valence-corrected chi connectivity index (χ4v) is 2.24. The lowest BCUT2D eigenvalue weighted by molar-refractivity contribution is 0.584. The second-order valence-corrected chi connectivity index (χ2v) is 5.58. The van der Waals surface area contributed by atoms with E-state index >= 15 is 0 Å². The predicted molar refractivity (Wildman–Crippen MR) is 57.3 cm³/mol. The van der Waals surface area contributed by atoms with Crippen LogP contribution in [-0.4, -0.2) is 14.2 Å². The van der Waals surface area contributed by atoms with Gasteiger partial charge in [0, 0.05) is 4.90 Å². The first-order chi connectivity index (χ1) is 6.60. The summed E-state index contributed by atoms with van der Waals surface area (Å²) in [5, 5.41) is 0. The third kappa shape index (κ3) is 2.71. The minimum Gasteiger partial charge on any atom is -0.257 e. The van der Waals surface area contributed by atoms with Crippen molar-refractivity contribution in [1.29, 1.82) is 0 Å². The average molecular weight is 232 g/mol. The standard InChI is InChI=1S/C8H12N2O2S2/c1-2-13-7-3-5-8(6-4-7)14(11,12)10-9/h3-6,10H,2,9H2,1H3. The van der Waals surface area contributed by atoms with Gasteiger partial charge in [-0.1, -0.05) is 6.92 Å². The van der Waals surface area contributed by atoms with Gasteiger partial charge in [-0.2, -0.15) is 4.83 Å². The molecule has 4 nitrogen and oxygen atoms in total. The fourth-order valence-electron chi connectivity index (χ4n) is 0.950. The van der Waals surface area contributed by atoms with Crippen molar-refractivity contribution in [2.45, 2.75) is 16.7 Å². The molecule has 6 heteroatoms. The second-order valence-electron chi connectivity index (χ2n) is 2.53. The van der Waals surface area contributed by atoms with Crippen LogP contribution < -0.4 is 10.7 Å². The first-order valence-electron chi connectivity index (χ1n) is 4.05. The molecule has 0 aromatic heterocycles. The van der Waals surface area contributed by atoms with E-state index in [9.17, 15) is 8.42 Å². The molecular formula is C8H12N2O2S2. The lowest BCUT2D eigenvalue weighted by Crippen LogP contribution is -2.30. The number of nitrogens with one attached hydrogen (secondary N) is 1. The van der Waals surface area contributed by atoms with Crippen LogP contribution in [0.3, 0.4) is 0 Å². The molecule has 78 valence electrons. The number of sulfonamides is 1. The maximum Gasteiger partial charge on any atom is 0.253 e. The van der Waals surface area contributed by atoms with Crippen LogP contribution in [0.5, 0.6) is 0 Å². The van der Waals surface area contributed by atoms with E-state index in [-0.39, 0.29) is 4.90 Å². The smallest absolute Gasteiger partial charge is 0.253 e. The first kappa shape index (κ1) is 11.5. The molecule has 0 aliphatic rings. The summed E-state index contributed by atoms with van der Waals surface area (Å²) in [6.07, 6.45) is 0. The Labute approximate surface area is 87.9 Å². The molecule has 3 N–H and O–H groups in total. The molecule has 0 aliphatic carbocycles. The predicted octanol–water partition coefficient (Wildman–Crippen LogP) is 0.951. The van der Waals surface area contributed by atoms with Gasteiger partial charge in [0.15, 0.2) is 0 Å². The van der Waals surface area contributed by atoms with Crippen molar-refractivity contribution in [3.8, 4) is 0 Å². The van der Waals surface area contributed by atoms with Gasteiger partial charge in [0.1, 0.15) is 0 Å². The van der Waals surface area contributed by atoms with Crippen molar-refractivity contribution in [1.82, 2.24) is 4.83 Å². The normalized spacial score (nSPS) is 11.6. The van der Waals surface area contributed by atoms with Crippen molar-refractivity contribution in [2.24, 2.45) is 5.84 Å². The van der Waals surface area contributed by atoms with E-state index in [0.717, 1.165) is 10.6 Å². The van der Waals surface area contributed by atoms with Gasteiger partial charge >= 0.3 is 0 Å². The molecule has 0 atom stereocenters. The van der Waals surface area contributed by atoms with Gasteiger partial charge < -0.3 is 0 Å². The second kappa shape index (κ2) is 4.79. The van der Waals surface area contributed by atoms with Gasteiger partial charge in [0.25, 0.3) is 10.0 Å². The largest absolute Gasteiger partial charge is 0.257 e. The molecular weight excluding hydrogens is 220 g/mol. The summed E-state index contributed by atoms with van der Waals surface area (Å²) in [4.78, 5) is 3.00. The van der Waals surface area contributed by atoms with Gasteiger partial charge in [-0.25, -0.2) is 8.42 Å². The zero-order chi connectivity index (χ0) is 10.6. The third-order valence-corrected chi connectivity index (χ3v) is 3.70. The number of rotatable bonds is 4. The molecule has 0 saturated heterocycles. The van der Waals surface area contributed by atoms with Crippen LogP contribution in [0.15, 0.2) is 34.1 Å². The van der Waals surface area contributed by atoms with Crippen LogP contribution in [0.4, 0.5) is 0 Å². The number of hydrogen-bond donors (Lipinski definition) is 2. The van der Waals surface area contributed by atoms with Gasteiger partial charge in [-0.05, 0) is 30.0 Å². The van der Waals surface area contributed by atoms with E-state index in [1.807, 2.05) is 6.92 Å². The quantitative estimate of drug-likeness (QED) is 0.460. The Morgan fingerprint density at radius 1 is 1.36 bits per heavy atom. The van der Waals surface area contributed by atoms with Crippen molar-refractivity contribution in [2.75, 3.05) is 5.75 Å². The molecule has 0 spiro atoms. The Bertz CT molecular complexity index is 386. The lowest BCUT2D eigenvalue weighted by Gasteiger charge is -2.03. The molecule has 0 bridgehead atoms. The molecule has 0 saturated carbocycles. The van der Waals surface area contributed by atoms with Gasteiger partial charge in [0.2, 0.25) is 0 Å². The van der Waals surface area contributed by atoms with E-state index in [1.165, 1.54) is 12.1 Å². The highest BCUT2D eigenvalue weighted by Crippen LogP contribution is 2.19. The Morgan fingerprint density at radius 2 is 1.93 bits per heavy atom. The van der Waals surface area contributed by atoms with Crippen LogP contribution in [-0.2, 0) is 10.0 Å². The molecule has 1 aromatic carbocycles. The molecule has 14 heavy (non-hydrogen) atoms. The summed E-state index contributed by atoms with van der Waals surface area (Å²) in [5.74, 6) is 5.85. The molecule has 1 rings (SSSR count). The van der Waals surface area contributed by atoms with Gasteiger partial charge in [-0.3, -0.25) is 5.84 Å². The number of nitrogens with two attached hydrogens (primary N) is 1. The summed E-state index contributed by atoms with van der Waals surface area (Å²) in [7, 11) is -3.51. The highest BCUT2D eigenvalue weighted by Gasteiger charge is 2.10. The number of benzene rings is 1. The van der Waals surface area contributed by atoms with E-state index < -0.39 is 10.0 Å². The topological polar surface area (TPSA) is 72.2 Å². The molecule has 0 radical (unpaired) electrons. The van der Waals surface area contributed by atoms with Gasteiger partial charge in [0.05, 0.1) is 4.90 Å². The highest BCUT2D eigenvalue weighted by atomic mass is 32.2.